The number of fused-ring (bicyclic) bond motifs is 1. The van der Waals surface area contributed by atoms with E-state index >= 15 is 0 Å². The number of rotatable bonds is 0. The standard InChI is InChI=1S/C10H12ClN/c1-7-5-6-8-3-2-4-9(11)10(8)12-7/h2-4,7,12H,5-6H2,1H3/t7-/m1/s1. The highest BCUT2D eigenvalue weighted by Gasteiger charge is 2.15. The first-order valence-corrected chi connectivity index (χ1v) is 4.69. The van der Waals surface area contributed by atoms with Crippen molar-refractivity contribution in [3.63, 3.8) is 0 Å². The van der Waals surface area contributed by atoms with E-state index in [1.54, 1.807) is 0 Å². The number of hydrogen-bond donors (Lipinski definition) is 1. The molecule has 2 rings (SSSR count). The van der Waals surface area contributed by atoms with Crippen LogP contribution in [-0.4, -0.2) is 6.04 Å². The van der Waals surface area contributed by atoms with Gasteiger partial charge in [-0.05, 0) is 31.4 Å². The maximum atomic E-state index is 6.04. The van der Waals surface area contributed by atoms with E-state index in [9.17, 15) is 0 Å². The number of hydrogen-bond acceptors (Lipinski definition) is 1. The summed E-state index contributed by atoms with van der Waals surface area (Å²) in [6.45, 7) is 2.19. The lowest BCUT2D eigenvalue weighted by Crippen LogP contribution is -2.21. The van der Waals surface area contributed by atoms with Crippen molar-refractivity contribution in [1.29, 1.82) is 0 Å². The van der Waals surface area contributed by atoms with E-state index in [-0.39, 0.29) is 0 Å². The summed E-state index contributed by atoms with van der Waals surface area (Å²) in [5, 5.41) is 4.24. The van der Waals surface area contributed by atoms with Crippen molar-refractivity contribution in [2.75, 3.05) is 5.32 Å². The molecule has 1 aliphatic rings. The van der Waals surface area contributed by atoms with Crippen LogP contribution in [0.15, 0.2) is 18.2 Å². The monoisotopic (exact) mass is 181 g/mol. The van der Waals surface area contributed by atoms with E-state index in [0.717, 1.165) is 17.1 Å². The number of nitrogens with one attached hydrogen (secondary N) is 1. The van der Waals surface area contributed by atoms with Crippen LogP contribution in [0.5, 0.6) is 0 Å². The predicted molar refractivity (Wildman–Crippen MR) is 52.9 cm³/mol. The van der Waals surface area contributed by atoms with Crippen molar-refractivity contribution >= 4 is 17.3 Å². The van der Waals surface area contributed by atoms with Gasteiger partial charge >= 0.3 is 0 Å². The third kappa shape index (κ3) is 1.29. The van der Waals surface area contributed by atoms with Crippen molar-refractivity contribution in [1.82, 2.24) is 0 Å². The van der Waals surface area contributed by atoms with Crippen LogP contribution >= 0.6 is 11.6 Å². The normalized spacial score (nSPS) is 21.3. The van der Waals surface area contributed by atoms with Gasteiger partial charge in [-0.15, -0.1) is 0 Å². The quantitative estimate of drug-likeness (QED) is 0.649. The van der Waals surface area contributed by atoms with Gasteiger partial charge in [-0.2, -0.15) is 0 Å². The molecular weight excluding hydrogens is 170 g/mol. The average Bonchev–Trinajstić information content (AvgIpc) is 2.07. The minimum absolute atomic E-state index is 0.553. The number of halogens is 1. The fraction of sp³-hybridized carbons (Fsp3) is 0.400. The molecule has 0 aromatic heterocycles. The minimum atomic E-state index is 0.553. The van der Waals surface area contributed by atoms with Crippen molar-refractivity contribution < 1.29 is 0 Å². The summed E-state index contributed by atoms with van der Waals surface area (Å²) < 4.78 is 0. The smallest absolute Gasteiger partial charge is 0.0640 e. The van der Waals surface area contributed by atoms with Crippen LogP contribution in [0.25, 0.3) is 0 Å². The molecule has 1 N–H and O–H groups in total. The summed E-state index contributed by atoms with van der Waals surface area (Å²) >= 11 is 6.04. The first-order valence-electron chi connectivity index (χ1n) is 4.31. The Morgan fingerprint density at radius 3 is 3.17 bits per heavy atom. The Balaban J connectivity index is 2.43. The molecule has 1 atom stereocenters. The van der Waals surface area contributed by atoms with Gasteiger partial charge in [0.2, 0.25) is 0 Å². The molecule has 0 radical (unpaired) electrons. The second-order valence-electron chi connectivity index (χ2n) is 3.36. The van der Waals surface area contributed by atoms with E-state index < -0.39 is 0 Å². The summed E-state index contributed by atoms with van der Waals surface area (Å²) in [5.74, 6) is 0. The highest BCUT2D eigenvalue weighted by molar-refractivity contribution is 6.33. The van der Waals surface area contributed by atoms with Crippen LogP contribution in [0.1, 0.15) is 18.9 Å². The van der Waals surface area contributed by atoms with Crippen molar-refractivity contribution in [2.24, 2.45) is 0 Å². The molecule has 0 bridgehead atoms. The fourth-order valence-corrected chi connectivity index (χ4v) is 1.88. The molecule has 1 heterocycles. The maximum Gasteiger partial charge on any atom is 0.0640 e. The molecule has 1 aliphatic heterocycles. The van der Waals surface area contributed by atoms with E-state index in [0.29, 0.717) is 6.04 Å². The molecular formula is C10H12ClN. The van der Waals surface area contributed by atoms with Crippen LogP contribution in [-0.2, 0) is 6.42 Å². The third-order valence-corrected chi connectivity index (χ3v) is 2.65. The number of aryl methyl sites for hydroxylation is 1. The molecule has 0 unspecified atom stereocenters. The lowest BCUT2D eigenvalue weighted by molar-refractivity contribution is 0.681. The van der Waals surface area contributed by atoms with Crippen molar-refractivity contribution in [3.8, 4) is 0 Å². The zero-order chi connectivity index (χ0) is 8.55. The van der Waals surface area contributed by atoms with Crippen LogP contribution < -0.4 is 5.32 Å². The Hall–Kier alpha value is -0.690. The highest BCUT2D eigenvalue weighted by Crippen LogP contribution is 2.31. The lowest BCUT2D eigenvalue weighted by atomic mass is 9.99. The van der Waals surface area contributed by atoms with Gasteiger partial charge in [-0.3, -0.25) is 0 Å². The Bertz CT molecular complexity index is 296. The highest BCUT2D eigenvalue weighted by atomic mass is 35.5. The summed E-state index contributed by atoms with van der Waals surface area (Å²) in [6.07, 6.45) is 2.34. The summed E-state index contributed by atoms with van der Waals surface area (Å²) in [6, 6.07) is 6.64. The third-order valence-electron chi connectivity index (χ3n) is 2.34. The van der Waals surface area contributed by atoms with Gasteiger partial charge in [-0.1, -0.05) is 23.7 Å². The Morgan fingerprint density at radius 1 is 1.50 bits per heavy atom. The minimum Gasteiger partial charge on any atom is -0.381 e. The number of benzene rings is 1. The SMILES string of the molecule is C[C@@H]1CCc2cccc(Cl)c2N1. The lowest BCUT2D eigenvalue weighted by Gasteiger charge is -2.24. The van der Waals surface area contributed by atoms with Gasteiger partial charge in [0.25, 0.3) is 0 Å². The Labute approximate surface area is 77.7 Å². The molecule has 0 amide bonds. The molecule has 0 spiro atoms. The predicted octanol–water partition coefficient (Wildman–Crippen LogP) is 3.09. The summed E-state index contributed by atoms with van der Waals surface area (Å²) in [5.41, 5.74) is 2.48. The second-order valence-corrected chi connectivity index (χ2v) is 3.77. The second kappa shape index (κ2) is 2.98. The molecule has 1 aromatic rings. The van der Waals surface area contributed by atoms with Crippen LogP contribution in [0.4, 0.5) is 5.69 Å². The zero-order valence-corrected chi connectivity index (χ0v) is 7.86. The molecule has 12 heavy (non-hydrogen) atoms. The van der Waals surface area contributed by atoms with Gasteiger partial charge in [0, 0.05) is 6.04 Å². The van der Waals surface area contributed by atoms with E-state index in [1.165, 1.54) is 12.0 Å². The zero-order valence-electron chi connectivity index (χ0n) is 7.10. The van der Waals surface area contributed by atoms with E-state index in [1.807, 2.05) is 12.1 Å². The van der Waals surface area contributed by atoms with Gasteiger partial charge in [0.05, 0.1) is 10.7 Å². The average molecular weight is 182 g/mol. The molecule has 1 nitrogen and oxygen atoms in total. The van der Waals surface area contributed by atoms with E-state index in [2.05, 4.69) is 18.3 Å². The summed E-state index contributed by atoms with van der Waals surface area (Å²) in [4.78, 5) is 0. The first-order chi connectivity index (χ1) is 5.77. The fourth-order valence-electron chi connectivity index (χ4n) is 1.63. The van der Waals surface area contributed by atoms with Gasteiger partial charge in [-0.25, -0.2) is 0 Å². The summed E-state index contributed by atoms with van der Waals surface area (Å²) in [7, 11) is 0. The first kappa shape index (κ1) is 7.93. The molecule has 2 heteroatoms. The largest absolute Gasteiger partial charge is 0.381 e. The van der Waals surface area contributed by atoms with Gasteiger partial charge in [0.15, 0.2) is 0 Å². The molecule has 0 aliphatic carbocycles. The van der Waals surface area contributed by atoms with Gasteiger partial charge in [0.1, 0.15) is 0 Å². The molecule has 0 fully saturated rings. The van der Waals surface area contributed by atoms with Gasteiger partial charge < -0.3 is 5.32 Å². The van der Waals surface area contributed by atoms with Crippen LogP contribution in [0.3, 0.4) is 0 Å². The van der Waals surface area contributed by atoms with Crippen LogP contribution in [0.2, 0.25) is 5.02 Å². The van der Waals surface area contributed by atoms with E-state index in [4.69, 9.17) is 11.6 Å². The number of para-hydroxylation sites is 1. The molecule has 1 aromatic carbocycles. The van der Waals surface area contributed by atoms with Crippen LogP contribution in [0, 0.1) is 0 Å². The molecule has 64 valence electrons. The molecule has 0 saturated heterocycles. The number of anilines is 1. The Morgan fingerprint density at radius 2 is 2.33 bits per heavy atom. The van der Waals surface area contributed by atoms with Crippen molar-refractivity contribution in [2.45, 2.75) is 25.8 Å². The molecule has 0 saturated carbocycles. The van der Waals surface area contributed by atoms with Crippen molar-refractivity contribution in [3.05, 3.63) is 28.8 Å². The topological polar surface area (TPSA) is 12.0 Å². The Kier molecular flexibility index (Phi) is 1.97. The maximum absolute atomic E-state index is 6.04.